The maximum atomic E-state index is 13.2. The van der Waals surface area contributed by atoms with Gasteiger partial charge in [0.1, 0.15) is 5.82 Å². The molecule has 0 fully saturated rings. The maximum Gasteiger partial charge on any atom is 0.264 e. The Morgan fingerprint density at radius 2 is 1.81 bits per heavy atom. The molecule has 1 N–H and O–H groups in total. The largest absolute Gasteiger partial charge is 0.375 e. The first kappa shape index (κ1) is 17.6. The van der Waals surface area contributed by atoms with Gasteiger partial charge in [-0.3, -0.25) is 9.59 Å². The van der Waals surface area contributed by atoms with E-state index >= 15 is 0 Å². The topological polar surface area (TPSA) is 57.6 Å². The Labute approximate surface area is 159 Å². The van der Waals surface area contributed by atoms with Crippen molar-refractivity contribution in [3.05, 3.63) is 87.9 Å². The molecule has 4 rings (SSSR count). The van der Waals surface area contributed by atoms with E-state index in [1.54, 1.807) is 53.9 Å². The van der Waals surface area contributed by atoms with E-state index in [-0.39, 0.29) is 24.6 Å². The van der Waals surface area contributed by atoms with Crippen LogP contribution in [0.2, 0.25) is 0 Å². The lowest BCUT2D eigenvalue weighted by Crippen LogP contribution is -2.41. The third kappa shape index (κ3) is 3.07. The van der Waals surface area contributed by atoms with Crippen LogP contribution in [0.25, 0.3) is 0 Å². The summed E-state index contributed by atoms with van der Waals surface area (Å²) in [4.78, 5) is 27.6. The number of ketones is 1. The first-order chi connectivity index (χ1) is 13.0. The van der Waals surface area contributed by atoms with Crippen LogP contribution < -0.4 is 4.90 Å². The minimum Gasteiger partial charge on any atom is -0.375 e. The summed E-state index contributed by atoms with van der Waals surface area (Å²) in [5.74, 6) is -1.18. The molecule has 136 valence electrons. The summed E-state index contributed by atoms with van der Waals surface area (Å²) in [6, 6.07) is 16.2. The molecule has 0 saturated heterocycles. The van der Waals surface area contributed by atoms with E-state index in [2.05, 4.69) is 0 Å². The summed E-state index contributed by atoms with van der Waals surface area (Å²) in [7, 11) is 0. The minimum absolute atomic E-state index is 0.186. The fraction of sp³-hybridized carbons (Fsp3) is 0.143. The van der Waals surface area contributed by atoms with Crippen molar-refractivity contribution in [2.45, 2.75) is 18.6 Å². The first-order valence-electron chi connectivity index (χ1n) is 8.44. The Morgan fingerprint density at radius 3 is 2.52 bits per heavy atom. The van der Waals surface area contributed by atoms with E-state index in [0.717, 1.165) is 5.56 Å². The molecule has 0 radical (unpaired) electrons. The Bertz CT molecular complexity index is 1000. The fourth-order valence-corrected chi connectivity index (χ4v) is 4.03. The van der Waals surface area contributed by atoms with Gasteiger partial charge >= 0.3 is 0 Å². The van der Waals surface area contributed by atoms with E-state index in [9.17, 15) is 19.1 Å². The van der Waals surface area contributed by atoms with Gasteiger partial charge in [0.2, 0.25) is 0 Å². The van der Waals surface area contributed by atoms with Crippen molar-refractivity contribution in [1.29, 1.82) is 0 Å². The lowest BCUT2D eigenvalue weighted by molar-refractivity contribution is -0.136. The highest BCUT2D eigenvalue weighted by Crippen LogP contribution is 2.43. The van der Waals surface area contributed by atoms with Crippen LogP contribution in [0, 0.1) is 5.82 Å². The Kier molecular flexibility index (Phi) is 4.37. The number of fused-ring (bicyclic) bond motifs is 1. The van der Waals surface area contributed by atoms with Crippen molar-refractivity contribution in [1.82, 2.24) is 0 Å². The van der Waals surface area contributed by atoms with E-state index in [0.29, 0.717) is 16.1 Å². The molecular formula is C21H16FNO3S. The number of hydrogen-bond acceptors (Lipinski definition) is 4. The maximum absolute atomic E-state index is 13.2. The van der Waals surface area contributed by atoms with Crippen LogP contribution >= 0.6 is 11.3 Å². The molecule has 1 atom stereocenters. The first-order valence-corrected chi connectivity index (χ1v) is 9.32. The molecule has 1 aliphatic rings. The van der Waals surface area contributed by atoms with E-state index < -0.39 is 11.5 Å². The monoisotopic (exact) mass is 381 g/mol. The fourth-order valence-electron chi connectivity index (χ4n) is 3.36. The molecule has 3 aromatic rings. The predicted octanol–water partition coefficient (Wildman–Crippen LogP) is 3.89. The number of thiophene rings is 1. The summed E-state index contributed by atoms with van der Waals surface area (Å²) in [5.41, 5.74) is -0.193. The minimum atomic E-state index is -1.91. The SMILES string of the molecule is O=C(C[C@@]1(O)C(=O)N(Cc2ccc(F)cc2)c2ccccc21)c1cccs1. The third-order valence-electron chi connectivity index (χ3n) is 4.71. The number of carbonyl (C=O) groups excluding carboxylic acids is 2. The number of amides is 1. The number of rotatable bonds is 5. The predicted molar refractivity (Wildman–Crippen MR) is 101 cm³/mol. The van der Waals surface area contributed by atoms with Crippen molar-refractivity contribution >= 4 is 28.7 Å². The van der Waals surface area contributed by atoms with Crippen LogP contribution in [0.15, 0.2) is 66.0 Å². The van der Waals surface area contributed by atoms with Gasteiger partial charge in [0.15, 0.2) is 11.4 Å². The lowest BCUT2D eigenvalue weighted by Gasteiger charge is -2.22. The Morgan fingerprint density at radius 1 is 1.07 bits per heavy atom. The molecule has 0 bridgehead atoms. The van der Waals surface area contributed by atoms with E-state index in [4.69, 9.17) is 0 Å². The molecule has 2 heterocycles. The molecule has 0 unspecified atom stereocenters. The van der Waals surface area contributed by atoms with Gasteiger partial charge < -0.3 is 10.0 Å². The third-order valence-corrected chi connectivity index (χ3v) is 5.62. The van der Waals surface area contributed by atoms with Crippen molar-refractivity contribution in [2.24, 2.45) is 0 Å². The number of aliphatic hydroxyl groups is 1. The Balaban J connectivity index is 1.68. The zero-order valence-electron chi connectivity index (χ0n) is 14.3. The average Bonchev–Trinajstić information content (AvgIpc) is 3.27. The van der Waals surface area contributed by atoms with Gasteiger partial charge in [-0.15, -0.1) is 11.3 Å². The number of halogens is 1. The number of benzene rings is 2. The van der Waals surface area contributed by atoms with Crippen molar-refractivity contribution in [3.8, 4) is 0 Å². The summed E-state index contributed by atoms with van der Waals surface area (Å²) >= 11 is 1.28. The summed E-state index contributed by atoms with van der Waals surface area (Å²) in [6.07, 6.45) is -0.316. The molecule has 1 aliphatic heterocycles. The highest BCUT2D eigenvalue weighted by molar-refractivity contribution is 7.12. The summed E-state index contributed by atoms with van der Waals surface area (Å²) < 4.78 is 13.2. The number of nitrogens with zero attached hydrogens (tertiary/aromatic N) is 1. The smallest absolute Gasteiger partial charge is 0.264 e. The highest BCUT2D eigenvalue weighted by atomic mass is 32.1. The molecule has 2 aromatic carbocycles. The standard InChI is InChI=1S/C21H16FNO3S/c22-15-9-7-14(8-10-15)13-23-17-5-2-1-4-16(17)21(26,20(23)25)12-18(24)19-6-3-11-27-19/h1-11,26H,12-13H2/t21-/m0/s1. The van der Waals surface area contributed by atoms with Gasteiger partial charge in [0.25, 0.3) is 5.91 Å². The molecule has 1 amide bonds. The van der Waals surface area contributed by atoms with Crippen molar-refractivity contribution in [2.75, 3.05) is 4.90 Å². The molecule has 0 aliphatic carbocycles. The van der Waals surface area contributed by atoms with Crippen LogP contribution in [-0.2, 0) is 16.9 Å². The average molecular weight is 381 g/mol. The number of hydrogen-bond donors (Lipinski definition) is 1. The van der Waals surface area contributed by atoms with Crippen LogP contribution in [0.4, 0.5) is 10.1 Å². The van der Waals surface area contributed by atoms with Gasteiger partial charge in [-0.1, -0.05) is 36.4 Å². The van der Waals surface area contributed by atoms with Crippen molar-refractivity contribution < 1.29 is 19.1 Å². The van der Waals surface area contributed by atoms with Gasteiger partial charge in [-0.05, 0) is 35.2 Å². The second-order valence-corrected chi connectivity index (χ2v) is 7.42. The van der Waals surface area contributed by atoms with E-state index in [1.165, 1.54) is 28.4 Å². The second-order valence-electron chi connectivity index (χ2n) is 6.47. The molecular weight excluding hydrogens is 365 g/mol. The number of para-hydroxylation sites is 1. The quantitative estimate of drug-likeness (QED) is 0.682. The molecule has 27 heavy (non-hydrogen) atoms. The zero-order chi connectivity index (χ0) is 19.0. The number of anilines is 1. The molecule has 1 aromatic heterocycles. The normalized spacial score (nSPS) is 18.6. The Hall–Kier alpha value is -2.83. The summed E-state index contributed by atoms with van der Waals surface area (Å²) in [6.45, 7) is 0.186. The second kappa shape index (κ2) is 6.72. The number of carbonyl (C=O) groups is 2. The molecule has 0 saturated carbocycles. The molecule has 4 nitrogen and oxygen atoms in total. The van der Waals surface area contributed by atoms with Crippen LogP contribution in [0.5, 0.6) is 0 Å². The van der Waals surface area contributed by atoms with Crippen LogP contribution in [0.1, 0.15) is 27.2 Å². The lowest BCUT2D eigenvalue weighted by atomic mass is 9.89. The highest BCUT2D eigenvalue weighted by Gasteiger charge is 2.50. The molecule has 6 heteroatoms. The van der Waals surface area contributed by atoms with Crippen molar-refractivity contribution in [3.63, 3.8) is 0 Å². The number of Topliss-reactive ketones (excluding diaryl/α,β-unsaturated/α-hetero) is 1. The van der Waals surface area contributed by atoms with Crippen LogP contribution in [-0.4, -0.2) is 16.8 Å². The van der Waals surface area contributed by atoms with E-state index in [1.807, 2.05) is 0 Å². The molecule has 0 spiro atoms. The van der Waals surface area contributed by atoms with Crippen LogP contribution in [0.3, 0.4) is 0 Å². The van der Waals surface area contributed by atoms with Gasteiger partial charge in [-0.2, -0.15) is 0 Å². The van der Waals surface area contributed by atoms with Gasteiger partial charge in [0, 0.05) is 5.56 Å². The van der Waals surface area contributed by atoms with Gasteiger partial charge in [-0.25, -0.2) is 4.39 Å². The zero-order valence-corrected chi connectivity index (χ0v) is 15.1. The van der Waals surface area contributed by atoms with Gasteiger partial charge in [0.05, 0.1) is 23.5 Å². The summed E-state index contributed by atoms with van der Waals surface area (Å²) in [5, 5.41) is 13.0.